The standard InChI is InChI=1S/C13H18BrN3O2/c1-9-8-11(14)13(17(18)19)10(2)12(9)16-6-4-15(3)5-7-16/h8H,4-7H2,1-3H3. The molecular formula is C13H18BrN3O2. The summed E-state index contributed by atoms with van der Waals surface area (Å²) in [4.78, 5) is 15.4. The molecule has 6 heteroatoms. The van der Waals surface area contributed by atoms with E-state index in [1.165, 1.54) is 0 Å². The molecule has 0 aliphatic carbocycles. The van der Waals surface area contributed by atoms with Crippen LogP contribution in [0.15, 0.2) is 10.5 Å². The Morgan fingerprint density at radius 1 is 1.26 bits per heavy atom. The van der Waals surface area contributed by atoms with E-state index in [1.807, 2.05) is 19.9 Å². The number of nitrogens with zero attached hydrogens (tertiary/aromatic N) is 3. The maximum Gasteiger partial charge on any atom is 0.288 e. The first-order chi connectivity index (χ1) is 8.91. The number of piperazine rings is 1. The Labute approximate surface area is 121 Å². The molecule has 0 unspecified atom stereocenters. The van der Waals surface area contributed by atoms with Crippen LogP contribution >= 0.6 is 15.9 Å². The molecule has 1 aromatic rings. The Morgan fingerprint density at radius 2 is 1.84 bits per heavy atom. The van der Waals surface area contributed by atoms with E-state index in [-0.39, 0.29) is 10.6 Å². The molecule has 5 nitrogen and oxygen atoms in total. The van der Waals surface area contributed by atoms with Gasteiger partial charge in [-0.05, 0) is 48.5 Å². The van der Waals surface area contributed by atoms with E-state index < -0.39 is 0 Å². The first-order valence-corrected chi connectivity index (χ1v) is 7.08. The van der Waals surface area contributed by atoms with Gasteiger partial charge in [-0.1, -0.05) is 0 Å². The monoisotopic (exact) mass is 327 g/mol. The number of rotatable bonds is 2. The van der Waals surface area contributed by atoms with Gasteiger partial charge < -0.3 is 9.80 Å². The van der Waals surface area contributed by atoms with Crippen molar-refractivity contribution in [2.45, 2.75) is 13.8 Å². The fraction of sp³-hybridized carbons (Fsp3) is 0.538. The van der Waals surface area contributed by atoms with Gasteiger partial charge in [0.05, 0.1) is 15.0 Å². The van der Waals surface area contributed by atoms with Gasteiger partial charge in [-0.25, -0.2) is 0 Å². The second kappa shape index (κ2) is 5.46. The van der Waals surface area contributed by atoms with Crippen LogP contribution in [0.25, 0.3) is 0 Å². The van der Waals surface area contributed by atoms with Crippen molar-refractivity contribution in [1.29, 1.82) is 0 Å². The third-order valence-electron chi connectivity index (χ3n) is 3.66. The van der Waals surface area contributed by atoms with Crippen molar-refractivity contribution < 1.29 is 4.92 Å². The van der Waals surface area contributed by atoms with Gasteiger partial charge in [-0.2, -0.15) is 0 Å². The number of halogens is 1. The van der Waals surface area contributed by atoms with Crippen LogP contribution in [0.1, 0.15) is 11.1 Å². The fourth-order valence-corrected chi connectivity index (χ4v) is 3.44. The minimum Gasteiger partial charge on any atom is -0.368 e. The van der Waals surface area contributed by atoms with Gasteiger partial charge in [0.25, 0.3) is 5.69 Å². The second-order valence-corrected chi connectivity index (χ2v) is 5.90. The molecule has 19 heavy (non-hydrogen) atoms. The van der Waals surface area contributed by atoms with Gasteiger partial charge in [-0.3, -0.25) is 10.1 Å². The van der Waals surface area contributed by atoms with E-state index in [0.717, 1.165) is 43.0 Å². The number of aryl methyl sites for hydroxylation is 1. The first kappa shape index (κ1) is 14.3. The summed E-state index contributed by atoms with van der Waals surface area (Å²) in [5, 5.41) is 11.2. The minimum absolute atomic E-state index is 0.180. The fourth-order valence-electron chi connectivity index (χ4n) is 2.65. The number of hydrogen-bond acceptors (Lipinski definition) is 4. The molecular weight excluding hydrogens is 310 g/mol. The van der Waals surface area contributed by atoms with Crippen molar-refractivity contribution in [2.75, 3.05) is 38.1 Å². The molecule has 1 aliphatic rings. The molecule has 1 aromatic carbocycles. The van der Waals surface area contributed by atoms with Crippen molar-refractivity contribution in [3.05, 3.63) is 31.8 Å². The number of nitro benzene ring substituents is 1. The normalized spacial score (nSPS) is 16.7. The van der Waals surface area contributed by atoms with E-state index >= 15 is 0 Å². The van der Waals surface area contributed by atoms with Crippen molar-refractivity contribution >= 4 is 27.3 Å². The molecule has 0 saturated carbocycles. The van der Waals surface area contributed by atoms with Gasteiger partial charge in [0.2, 0.25) is 0 Å². The Bertz CT molecular complexity index is 511. The van der Waals surface area contributed by atoms with Gasteiger partial charge in [0.1, 0.15) is 0 Å². The summed E-state index contributed by atoms with van der Waals surface area (Å²) in [5.41, 5.74) is 3.03. The van der Waals surface area contributed by atoms with Crippen LogP contribution in [-0.2, 0) is 0 Å². The number of anilines is 1. The van der Waals surface area contributed by atoms with Crippen LogP contribution in [-0.4, -0.2) is 43.0 Å². The number of nitro groups is 1. The molecule has 0 atom stereocenters. The predicted octanol–water partition coefficient (Wildman–Crippen LogP) is 2.73. The number of benzene rings is 1. The molecule has 0 amide bonds. The van der Waals surface area contributed by atoms with Gasteiger partial charge >= 0.3 is 0 Å². The molecule has 0 N–H and O–H groups in total. The average molecular weight is 328 g/mol. The largest absolute Gasteiger partial charge is 0.368 e. The van der Waals surface area contributed by atoms with E-state index in [1.54, 1.807) is 0 Å². The molecule has 2 rings (SSSR count). The lowest BCUT2D eigenvalue weighted by atomic mass is 10.0. The lowest BCUT2D eigenvalue weighted by molar-refractivity contribution is -0.386. The van der Waals surface area contributed by atoms with Crippen molar-refractivity contribution in [3.63, 3.8) is 0 Å². The number of likely N-dealkylation sites (N-methyl/N-ethyl adjacent to an activating group) is 1. The van der Waals surface area contributed by atoms with Crippen LogP contribution in [0.4, 0.5) is 11.4 Å². The average Bonchev–Trinajstić information content (AvgIpc) is 2.30. The molecule has 1 heterocycles. The molecule has 104 valence electrons. The maximum absolute atomic E-state index is 11.2. The lowest BCUT2D eigenvalue weighted by Crippen LogP contribution is -2.45. The molecule has 1 aliphatic heterocycles. The summed E-state index contributed by atoms with van der Waals surface area (Å²) >= 11 is 3.30. The Morgan fingerprint density at radius 3 is 2.37 bits per heavy atom. The van der Waals surface area contributed by atoms with Gasteiger partial charge in [0, 0.05) is 31.9 Å². The van der Waals surface area contributed by atoms with Crippen LogP contribution in [0.2, 0.25) is 0 Å². The van der Waals surface area contributed by atoms with Gasteiger partial charge in [0.15, 0.2) is 0 Å². The number of hydrogen-bond donors (Lipinski definition) is 0. The first-order valence-electron chi connectivity index (χ1n) is 6.29. The lowest BCUT2D eigenvalue weighted by Gasteiger charge is -2.35. The summed E-state index contributed by atoms with van der Waals surface area (Å²) in [5.74, 6) is 0. The molecule has 0 aromatic heterocycles. The quantitative estimate of drug-likeness (QED) is 0.619. The summed E-state index contributed by atoms with van der Waals surface area (Å²) < 4.78 is 0.561. The molecule has 0 spiro atoms. The van der Waals surface area contributed by atoms with E-state index in [9.17, 15) is 10.1 Å². The van der Waals surface area contributed by atoms with E-state index in [0.29, 0.717) is 4.47 Å². The zero-order chi connectivity index (χ0) is 14.2. The van der Waals surface area contributed by atoms with E-state index in [4.69, 9.17) is 0 Å². The smallest absolute Gasteiger partial charge is 0.288 e. The summed E-state index contributed by atoms with van der Waals surface area (Å²) in [7, 11) is 2.10. The van der Waals surface area contributed by atoms with Crippen molar-refractivity contribution in [2.24, 2.45) is 0 Å². The third kappa shape index (κ3) is 2.74. The Balaban J connectivity index is 2.45. The topological polar surface area (TPSA) is 49.6 Å². The highest BCUT2D eigenvalue weighted by atomic mass is 79.9. The highest BCUT2D eigenvalue weighted by Crippen LogP contribution is 2.38. The molecule has 0 radical (unpaired) electrons. The SMILES string of the molecule is Cc1cc(Br)c([N+](=O)[O-])c(C)c1N1CCN(C)CC1. The van der Waals surface area contributed by atoms with Crippen LogP contribution in [0.5, 0.6) is 0 Å². The molecule has 1 saturated heterocycles. The summed E-state index contributed by atoms with van der Waals surface area (Å²) in [6.07, 6.45) is 0. The summed E-state index contributed by atoms with van der Waals surface area (Å²) in [6, 6.07) is 1.85. The Hall–Kier alpha value is -1.14. The zero-order valence-electron chi connectivity index (χ0n) is 11.4. The molecule has 1 fully saturated rings. The third-order valence-corrected chi connectivity index (χ3v) is 4.26. The zero-order valence-corrected chi connectivity index (χ0v) is 13.0. The maximum atomic E-state index is 11.2. The Kier molecular flexibility index (Phi) is 4.10. The van der Waals surface area contributed by atoms with Crippen molar-refractivity contribution in [3.8, 4) is 0 Å². The predicted molar refractivity (Wildman–Crippen MR) is 80.0 cm³/mol. The second-order valence-electron chi connectivity index (χ2n) is 5.04. The highest BCUT2D eigenvalue weighted by Gasteiger charge is 2.25. The van der Waals surface area contributed by atoms with Crippen LogP contribution in [0, 0.1) is 24.0 Å². The minimum atomic E-state index is -0.307. The van der Waals surface area contributed by atoms with Crippen LogP contribution < -0.4 is 4.90 Å². The highest BCUT2D eigenvalue weighted by molar-refractivity contribution is 9.10. The van der Waals surface area contributed by atoms with Crippen LogP contribution in [0.3, 0.4) is 0 Å². The van der Waals surface area contributed by atoms with Crippen molar-refractivity contribution in [1.82, 2.24) is 4.90 Å². The van der Waals surface area contributed by atoms with Gasteiger partial charge in [-0.15, -0.1) is 0 Å². The molecule has 0 bridgehead atoms. The summed E-state index contributed by atoms with van der Waals surface area (Å²) in [6.45, 7) is 7.65. The van der Waals surface area contributed by atoms with E-state index in [2.05, 4.69) is 32.8 Å².